The molecule has 22 nitrogen and oxygen atoms in total. The van der Waals surface area contributed by atoms with Crippen LogP contribution in [0.1, 0.15) is 123 Å². The Labute approximate surface area is 495 Å². The van der Waals surface area contributed by atoms with Crippen molar-refractivity contribution in [1.82, 2.24) is 42.1 Å². The predicted octanol–water partition coefficient (Wildman–Crippen LogP) is 3.35. The third-order valence-electron chi connectivity index (χ3n) is 14.8. The van der Waals surface area contributed by atoms with E-state index in [0.717, 1.165) is 22.9 Å². The third kappa shape index (κ3) is 25.4. The fourth-order valence-corrected chi connectivity index (χ4v) is 9.66. The molecule has 0 aliphatic carbocycles. The summed E-state index contributed by atoms with van der Waals surface area (Å²) in [4.78, 5) is 136. The molecule has 1 saturated heterocycles. The number of aldehydes is 1. The minimum absolute atomic E-state index is 0.0188. The van der Waals surface area contributed by atoms with Gasteiger partial charge in [0.25, 0.3) is 0 Å². The van der Waals surface area contributed by atoms with Crippen molar-refractivity contribution < 1.29 is 47.9 Å². The maximum Gasteiger partial charge on any atom is 0.239 e. The molecule has 0 aromatic heterocycles. The van der Waals surface area contributed by atoms with E-state index in [9.17, 15) is 43.2 Å². The molecular formula is C62H92N12O10. The van der Waals surface area contributed by atoms with E-state index in [4.69, 9.17) is 16.2 Å². The number of aliphatic imine (C=N–C) groups is 2. The van der Waals surface area contributed by atoms with Crippen LogP contribution in [0.2, 0.25) is 0 Å². The number of nitrogens with zero attached hydrogens (tertiary/aromatic N) is 3. The second-order valence-corrected chi connectivity index (χ2v) is 23.0. The van der Waals surface area contributed by atoms with Crippen molar-refractivity contribution in [3.05, 3.63) is 77.9 Å². The van der Waals surface area contributed by atoms with Crippen LogP contribution in [0.4, 0.5) is 0 Å². The number of carbonyl (C=O) groups excluding carboxylic acids is 9. The second-order valence-electron chi connectivity index (χ2n) is 23.0. The lowest BCUT2D eigenvalue weighted by atomic mass is 9.88. The van der Waals surface area contributed by atoms with Crippen LogP contribution < -0.4 is 53.4 Å². The summed E-state index contributed by atoms with van der Waals surface area (Å²) >= 11 is 0. The third-order valence-corrected chi connectivity index (χ3v) is 14.8. The van der Waals surface area contributed by atoms with Gasteiger partial charge in [0.05, 0.1) is 31.2 Å². The molecule has 4 rings (SSSR count). The van der Waals surface area contributed by atoms with Crippen LogP contribution in [0.3, 0.4) is 0 Å². The number of hydrogen-bond donors (Lipinski definition) is 9. The molecule has 84 heavy (non-hydrogen) atoms. The first kappa shape index (κ1) is 68.7. The molecule has 0 radical (unpaired) electrons. The smallest absolute Gasteiger partial charge is 0.239 e. The summed E-state index contributed by atoms with van der Waals surface area (Å²) in [6, 6.07) is 17.5. The van der Waals surface area contributed by atoms with Crippen molar-refractivity contribution in [2.75, 3.05) is 53.9 Å². The van der Waals surface area contributed by atoms with Gasteiger partial charge in [-0.05, 0) is 140 Å². The number of unbranched alkanes of at least 4 members (excludes halogenated alkanes) is 1. The summed E-state index contributed by atoms with van der Waals surface area (Å²) in [7, 11) is 5.05. The fraction of sp³-hybridized carbons (Fsp3) is 0.565. The number of guanidine groups is 2. The summed E-state index contributed by atoms with van der Waals surface area (Å²) in [5.41, 5.74) is 12.6. The van der Waals surface area contributed by atoms with E-state index in [1.165, 1.54) is 14.1 Å². The number of hydrogen-bond acceptors (Lipinski definition) is 13. The van der Waals surface area contributed by atoms with Gasteiger partial charge in [0.1, 0.15) is 17.6 Å². The van der Waals surface area contributed by atoms with Gasteiger partial charge in [-0.3, -0.25) is 48.3 Å². The van der Waals surface area contributed by atoms with Crippen LogP contribution in [0.15, 0.2) is 76.7 Å². The molecule has 5 amide bonds. The minimum Gasteiger partial charge on any atom is -0.488 e. The maximum atomic E-state index is 14.9. The van der Waals surface area contributed by atoms with E-state index in [-0.39, 0.29) is 75.7 Å². The van der Waals surface area contributed by atoms with Crippen molar-refractivity contribution in [3.8, 4) is 5.75 Å². The molecule has 11 N–H and O–H groups in total. The SMILES string of the molecule is CN=C(N)NCCC[C@@H](C=O)NC(=O)[C@H]1CCC(=O)NCC(=O)N[C@@H](Cc2ccc(OC(C)(C)C)cc2)C(=O)C[C@@H](CCCCN(C)C(C)C)C(=O)N[C@H](CCCNC(N)=NC)C(=O)C[C@@H](Cc2ccc3ccccc3c2)C(=O)NCC(=O)C1. The van der Waals surface area contributed by atoms with Crippen LogP contribution >= 0.6 is 0 Å². The van der Waals surface area contributed by atoms with E-state index < -0.39 is 108 Å². The zero-order valence-corrected chi connectivity index (χ0v) is 50.5. The molecule has 460 valence electrons. The number of carbonyl (C=O) groups is 9. The molecule has 0 bridgehead atoms. The summed E-state index contributed by atoms with van der Waals surface area (Å²) in [6.07, 6.45) is 1.65. The normalized spacial score (nSPS) is 20.4. The van der Waals surface area contributed by atoms with Gasteiger partial charge in [-0.15, -0.1) is 0 Å². The van der Waals surface area contributed by atoms with E-state index in [2.05, 4.69) is 65.9 Å². The Morgan fingerprint density at radius 1 is 0.726 bits per heavy atom. The largest absolute Gasteiger partial charge is 0.488 e. The molecule has 3 aromatic carbocycles. The van der Waals surface area contributed by atoms with Crippen LogP contribution in [-0.2, 0) is 56.0 Å². The van der Waals surface area contributed by atoms with Crippen LogP contribution in [0.25, 0.3) is 10.8 Å². The standard InChI is InChI=1S/C62H92N12O10/c1-40(2)74(8)30-12-11-17-45-35-54(78)52(33-41-21-25-50(26-22-41)84-62(3,4)5)72-56(80)38-69-55(79)27-24-46(58(82)71-48(39-75)18-13-28-67-60(63)65-6)34-49(76)37-70-57(81)47(32-42-20-23-43-15-9-10-16-44(43)31-42)36-53(77)51(73-59(45)83)19-14-29-68-61(64)66-7/h9-10,15-16,20-23,25-26,31,39-40,45-48,51-52H,11-14,17-19,24,27-30,32-38H2,1-8H3,(H,69,79)(H,70,81)(H,71,82)(H,72,80)(H,73,83)(H3,63,65,67)(H3,64,66,68)/t45-,46+,47-,48+,51-,52+/m1/s1. The van der Waals surface area contributed by atoms with Crippen molar-refractivity contribution in [2.24, 2.45) is 39.2 Å². The molecule has 0 saturated carbocycles. The summed E-state index contributed by atoms with van der Waals surface area (Å²) in [6.45, 7) is 10.2. The van der Waals surface area contributed by atoms with E-state index in [1.54, 1.807) is 24.3 Å². The number of ketones is 3. The van der Waals surface area contributed by atoms with E-state index >= 15 is 0 Å². The summed E-state index contributed by atoms with van der Waals surface area (Å²) < 4.78 is 6.02. The van der Waals surface area contributed by atoms with Gasteiger partial charge in [0.15, 0.2) is 29.3 Å². The minimum atomic E-state index is -1.17. The molecule has 1 aliphatic heterocycles. The zero-order chi connectivity index (χ0) is 61.8. The molecule has 22 heteroatoms. The maximum absolute atomic E-state index is 14.9. The topological polar surface area (TPSA) is 327 Å². The number of rotatable bonds is 22. The predicted molar refractivity (Wildman–Crippen MR) is 326 cm³/mol. The Kier molecular flexibility index (Phi) is 29.0. The van der Waals surface area contributed by atoms with Gasteiger partial charge in [-0.2, -0.15) is 0 Å². The Morgan fingerprint density at radius 2 is 1.37 bits per heavy atom. The molecule has 1 fully saturated rings. The number of benzene rings is 3. The number of ether oxygens (including phenoxy) is 1. The number of nitrogens with two attached hydrogens (primary N) is 2. The average molecular weight is 1170 g/mol. The van der Waals surface area contributed by atoms with Crippen LogP contribution in [-0.4, -0.2) is 154 Å². The Bertz CT molecular complexity index is 2740. The van der Waals surface area contributed by atoms with E-state index in [1.807, 2.05) is 70.3 Å². The number of Topliss-reactive ketones (excluding diaryl/α,β-unsaturated/α-hetero) is 3. The van der Waals surface area contributed by atoms with Gasteiger partial charge < -0.3 is 63.1 Å². The first-order chi connectivity index (χ1) is 40.0. The quantitative estimate of drug-likeness (QED) is 0.0302. The Morgan fingerprint density at radius 3 is 2.02 bits per heavy atom. The monoisotopic (exact) mass is 1160 g/mol. The first-order valence-electron chi connectivity index (χ1n) is 29.3. The van der Waals surface area contributed by atoms with Crippen molar-refractivity contribution in [3.63, 3.8) is 0 Å². The summed E-state index contributed by atoms with van der Waals surface area (Å²) in [5, 5.41) is 21.5. The molecule has 0 unspecified atom stereocenters. The first-order valence-corrected chi connectivity index (χ1v) is 29.3. The lowest BCUT2D eigenvalue weighted by molar-refractivity contribution is -0.135. The second kappa shape index (κ2) is 35.4. The van der Waals surface area contributed by atoms with Crippen LogP contribution in [0, 0.1) is 17.8 Å². The number of nitrogens with one attached hydrogen (secondary N) is 7. The van der Waals surface area contributed by atoms with Gasteiger partial charge in [-0.1, -0.05) is 61.0 Å². The summed E-state index contributed by atoms with van der Waals surface area (Å²) in [5.74, 6) is -6.87. The van der Waals surface area contributed by atoms with E-state index in [0.29, 0.717) is 56.4 Å². The van der Waals surface area contributed by atoms with Crippen molar-refractivity contribution >= 4 is 75.9 Å². The number of fused-ring (bicyclic) bond motifs is 1. The molecule has 0 spiro atoms. The highest BCUT2D eigenvalue weighted by Crippen LogP contribution is 2.24. The molecule has 1 heterocycles. The van der Waals surface area contributed by atoms with Gasteiger partial charge >= 0.3 is 0 Å². The lowest BCUT2D eigenvalue weighted by Crippen LogP contribution is -2.49. The average Bonchev–Trinajstić information content (AvgIpc) is 3.66. The molecule has 3 aromatic rings. The highest BCUT2D eigenvalue weighted by atomic mass is 16.5. The molecule has 6 atom stereocenters. The Balaban J connectivity index is 1.78. The zero-order valence-electron chi connectivity index (χ0n) is 50.5. The fourth-order valence-electron chi connectivity index (χ4n) is 9.66. The Hall–Kier alpha value is -7.75. The number of amides is 5. The van der Waals surface area contributed by atoms with Crippen molar-refractivity contribution in [2.45, 2.75) is 154 Å². The highest BCUT2D eigenvalue weighted by molar-refractivity contribution is 5.97. The molecule has 1 aliphatic rings. The van der Waals surface area contributed by atoms with Gasteiger partial charge in [-0.25, -0.2) is 0 Å². The van der Waals surface area contributed by atoms with Crippen molar-refractivity contribution in [1.29, 1.82) is 0 Å². The molecular weight excluding hydrogens is 1070 g/mol. The van der Waals surface area contributed by atoms with Gasteiger partial charge in [0.2, 0.25) is 29.5 Å². The highest BCUT2D eigenvalue weighted by Gasteiger charge is 2.34. The van der Waals surface area contributed by atoms with Gasteiger partial charge in [0, 0.05) is 76.7 Å². The van der Waals surface area contributed by atoms with Crippen LogP contribution in [0.5, 0.6) is 5.75 Å². The lowest BCUT2D eigenvalue weighted by Gasteiger charge is -2.26.